The van der Waals surface area contributed by atoms with Crippen LogP contribution in [0.25, 0.3) is 0 Å². The molecule has 2 aromatic rings. The van der Waals surface area contributed by atoms with E-state index in [0.717, 1.165) is 6.08 Å². The lowest BCUT2D eigenvalue weighted by Gasteiger charge is -2.18. The zero-order chi connectivity index (χ0) is 17.5. The minimum Gasteiger partial charge on any atom is -0.493 e. The number of hydrogen-bond acceptors (Lipinski definition) is 5. The largest absolute Gasteiger partial charge is 0.493 e. The summed E-state index contributed by atoms with van der Waals surface area (Å²) < 4.78 is 15.7. The Kier molecular flexibility index (Phi) is 5.73. The second-order valence-corrected chi connectivity index (χ2v) is 4.87. The van der Waals surface area contributed by atoms with Crippen LogP contribution in [0.5, 0.6) is 11.5 Å². The fraction of sp³-hybridized carbons (Fsp3) is 0.158. The van der Waals surface area contributed by atoms with Crippen LogP contribution in [0.1, 0.15) is 22.0 Å². The van der Waals surface area contributed by atoms with E-state index < -0.39 is 12.1 Å². The number of carbonyl (C=O) groups excluding carboxylic acids is 2. The van der Waals surface area contributed by atoms with E-state index in [1.54, 1.807) is 48.5 Å². The van der Waals surface area contributed by atoms with Crippen LogP contribution in [0.2, 0.25) is 0 Å². The third-order valence-corrected chi connectivity index (χ3v) is 3.41. The van der Waals surface area contributed by atoms with E-state index in [0.29, 0.717) is 22.6 Å². The number of esters is 1. The normalized spacial score (nSPS) is 11.2. The first-order chi connectivity index (χ1) is 11.6. The summed E-state index contributed by atoms with van der Waals surface area (Å²) in [4.78, 5) is 24.4. The van der Waals surface area contributed by atoms with E-state index >= 15 is 0 Å². The molecule has 0 saturated carbocycles. The van der Waals surface area contributed by atoms with Crippen molar-refractivity contribution in [3.63, 3.8) is 0 Å². The molecule has 0 aliphatic rings. The molecule has 0 heterocycles. The molecule has 1 unspecified atom stereocenters. The Morgan fingerprint density at radius 2 is 1.67 bits per heavy atom. The van der Waals surface area contributed by atoms with E-state index in [-0.39, 0.29) is 5.78 Å². The molecule has 2 rings (SSSR count). The molecule has 1 atom stereocenters. The monoisotopic (exact) mass is 326 g/mol. The van der Waals surface area contributed by atoms with Gasteiger partial charge < -0.3 is 14.2 Å². The number of ketones is 1. The summed E-state index contributed by atoms with van der Waals surface area (Å²) in [5.41, 5.74) is 0.922. The summed E-state index contributed by atoms with van der Waals surface area (Å²) in [7, 11) is 3.01. The second-order valence-electron chi connectivity index (χ2n) is 4.87. The van der Waals surface area contributed by atoms with Gasteiger partial charge in [0.1, 0.15) is 0 Å². The first-order valence-corrected chi connectivity index (χ1v) is 7.25. The SMILES string of the molecule is C=CC(=O)OC(C(=O)c1ccccc1)c1ccc(OC)c(OC)c1. The summed E-state index contributed by atoms with van der Waals surface area (Å²) in [6, 6.07) is 13.5. The molecule has 0 spiro atoms. The quantitative estimate of drug-likeness (QED) is 0.443. The van der Waals surface area contributed by atoms with Crippen LogP contribution in [-0.2, 0) is 9.53 Å². The van der Waals surface area contributed by atoms with Crippen molar-refractivity contribution in [1.29, 1.82) is 0 Å². The Morgan fingerprint density at radius 3 is 2.25 bits per heavy atom. The first kappa shape index (κ1) is 17.3. The van der Waals surface area contributed by atoms with Crippen molar-refractivity contribution in [3.05, 3.63) is 72.3 Å². The van der Waals surface area contributed by atoms with Crippen molar-refractivity contribution >= 4 is 11.8 Å². The van der Waals surface area contributed by atoms with Crippen LogP contribution in [0.15, 0.2) is 61.2 Å². The molecule has 0 N–H and O–H groups in total. The lowest BCUT2D eigenvalue weighted by Crippen LogP contribution is -2.19. The van der Waals surface area contributed by atoms with Gasteiger partial charge >= 0.3 is 5.97 Å². The Bertz CT molecular complexity index is 737. The fourth-order valence-electron chi connectivity index (χ4n) is 2.21. The van der Waals surface area contributed by atoms with Gasteiger partial charge in [0.25, 0.3) is 0 Å². The van der Waals surface area contributed by atoms with Crippen molar-refractivity contribution in [2.75, 3.05) is 14.2 Å². The molecule has 0 fully saturated rings. The molecule has 0 aliphatic heterocycles. The minimum absolute atomic E-state index is 0.335. The number of methoxy groups -OCH3 is 2. The lowest BCUT2D eigenvalue weighted by molar-refractivity contribution is -0.141. The Labute approximate surface area is 140 Å². The van der Waals surface area contributed by atoms with Crippen molar-refractivity contribution in [2.45, 2.75) is 6.10 Å². The first-order valence-electron chi connectivity index (χ1n) is 7.25. The smallest absolute Gasteiger partial charge is 0.331 e. The Balaban J connectivity index is 2.44. The molecule has 5 heteroatoms. The zero-order valence-corrected chi connectivity index (χ0v) is 13.5. The van der Waals surface area contributed by atoms with Crippen LogP contribution in [0.4, 0.5) is 0 Å². The van der Waals surface area contributed by atoms with Crippen LogP contribution in [-0.4, -0.2) is 26.0 Å². The Morgan fingerprint density at radius 1 is 1.00 bits per heavy atom. The van der Waals surface area contributed by atoms with Crippen molar-refractivity contribution in [3.8, 4) is 11.5 Å². The maximum Gasteiger partial charge on any atom is 0.331 e. The average molecular weight is 326 g/mol. The molecule has 0 aromatic heterocycles. The van der Waals surface area contributed by atoms with E-state index in [4.69, 9.17) is 14.2 Å². The molecular formula is C19H18O5. The van der Waals surface area contributed by atoms with E-state index in [1.807, 2.05) is 0 Å². The lowest BCUT2D eigenvalue weighted by atomic mass is 9.99. The highest BCUT2D eigenvalue weighted by molar-refractivity contribution is 6.01. The summed E-state index contributed by atoms with van der Waals surface area (Å²) in [5.74, 6) is -0.0604. The van der Waals surface area contributed by atoms with Gasteiger partial charge in [-0.2, -0.15) is 0 Å². The molecule has 0 saturated heterocycles. The molecule has 0 radical (unpaired) electrons. The van der Waals surface area contributed by atoms with Crippen molar-refractivity contribution in [2.24, 2.45) is 0 Å². The minimum atomic E-state index is -1.10. The van der Waals surface area contributed by atoms with E-state index in [9.17, 15) is 9.59 Å². The van der Waals surface area contributed by atoms with Gasteiger partial charge in [0.15, 0.2) is 17.6 Å². The van der Waals surface area contributed by atoms with E-state index in [2.05, 4.69) is 6.58 Å². The predicted molar refractivity (Wildman–Crippen MR) is 89.3 cm³/mol. The molecule has 24 heavy (non-hydrogen) atoms. The van der Waals surface area contributed by atoms with Gasteiger partial charge in [-0.25, -0.2) is 4.79 Å². The number of ether oxygens (including phenoxy) is 3. The summed E-state index contributed by atoms with van der Waals surface area (Å²) >= 11 is 0. The van der Waals surface area contributed by atoms with Gasteiger partial charge in [0.2, 0.25) is 5.78 Å². The molecule has 2 aromatic carbocycles. The number of Topliss-reactive ketones (excluding diaryl/α,β-unsaturated/α-hetero) is 1. The number of carbonyl (C=O) groups is 2. The van der Waals surface area contributed by atoms with Crippen LogP contribution < -0.4 is 9.47 Å². The highest BCUT2D eigenvalue weighted by atomic mass is 16.5. The average Bonchev–Trinajstić information content (AvgIpc) is 2.65. The molecule has 0 amide bonds. The summed E-state index contributed by atoms with van der Waals surface area (Å²) in [6.07, 6.45) is -0.0795. The van der Waals surface area contributed by atoms with Gasteiger partial charge in [-0.1, -0.05) is 43.0 Å². The Hall–Kier alpha value is -3.08. The maximum atomic E-state index is 12.8. The van der Waals surface area contributed by atoms with Crippen molar-refractivity contribution < 1.29 is 23.8 Å². The van der Waals surface area contributed by atoms with E-state index in [1.165, 1.54) is 14.2 Å². The third kappa shape index (κ3) is 3.81. The summed E-state index contributed by atoms with van der Waals surface area (Å²) in [5, 5.41) is 0. The second kappa shape index (κ2) is 7.97. The molecular weight excluding hydrogens is 308 g/mol. The van der Waals surface area contributed by atoms with Crippen molar-refractivity contribution in [1.82, 2.24) is 0 Å². The van der Waals surface area contributed by atoms with Gasteiger partial charge in [-0.15, -0.1) is 0 Å². The summed E-state index contributed by atoms with van der Waals surface area (Å²) in [6.45, 7) is 3.37. The predicted octanol–water partition coefficient (Wildman–Crippen LogP) is 3.36. The standard InChI is InChI=1S/C19H18O5/c1-4-17(20)24-19(18(21)13-8-6-5-7-9-13)14-10-11-15(22-2)16(12-14)23-3/h4-12,19H,1H2,2-3H3. The molecule has 5 nitrogen and oxygen atoms in total. The topological polar surface area (TPSA) is 61.8 Å². The number of rotatable bonds is 7. The van der Waals surface area contributed by atoms with Gasteiger partial charge in [0, 0.05) is 17.2 Å². The molecule has 124 valence electrons. The highest BCUT2D eigenvalue weighted by Crippen LogP contribution is 2.32. The van der Waals surface area contributed by atoms with Gasteiger partial charge in [-0.3, -0.25) is 4.79 Å². The fourth-order valence-corrected chi connectivity index (χ4v) is 2.21. The number of benzene rings is 2. The number of hydrogen-bond donors (Lipinski definition) is 0. The highest BCUT2D eigenvalue weighted by Gasteiger charge is 2.26. The molecule has 0 aliphatic carbocycles. The van der Waals surface area contributed by atoms with Gasteiger partial charge in [-0.05, 0) is 12.1 Å². The van der Waals surface area contributed by atoms with Gasteiger partial charge in [0.05, 0.1) is 14.2 Å². The van der Waals surface area contributed by atoms with Crippen LogP contribution >= 0.6 is 0 Å². The molecule has 0 bridgehead atoms. The zero-order valence-electron chi connectivity index (χ0n) is 13.5. The maximum absolute atomic E-state index is 12.8. The third-order valence-electron chi connectivity index (χ3n) is 3.41. The van der Waals surface area contributed by atoms with Crippen LogP contribution in [0, 0.1) is 0 Å². The van der Waals surface area contributed by atoms with Crippen LogP contribution in [0.3, 0.4) is 0 Å².